The fourth-order valence-electron chi connectivity index (χ4n) is 1.92. The molecular formula is C13H12BrClFNS. The van der Waals surface area contributed by atoms with Gasteiger partial charge in [0.1, 0.15) is 10.2 Å². The summed E-state index contributed by atoms with van der Waals surface area (Å²) in [6, 6.07) is 6.87. The van der Waals surface area contributed by atoms with E-state index in [0.29, 0.717) is 0 Å². The van der Waals surface area contributed by atoms with E-state index in [1.807, 2.05) is 26.1 Å². The summed E-state index contributed by atoms with van der Waals surface area (Å²) in [7, 11) is 1.88. The average molecular weight is 349 g/mol. The molecule has 2 rings (SSSR count). The number of halogens is 3. The maximum Gasteiger partial charge on any atom is 0.123 e. The second kappa shape index (κ2) is 5.70. The lowest BCUT2D eigenvalue weighted by atomic mass is 10.00. The number of benzene rings is 1. The van der Waals surface area contributed by atoms with Crippen molar-refractivity contribution in [3.63, 3.8) is 0 Å². The highest BCUT2D eigenvalue weighted by Crippen LogP contribution is 2.37. The highest BCUT2D eigenvalue weighted by atomic mass is 79.9. The van der Waals surface area contributed by atoms with Gasteiger partial charge in [-0.2, -0.15) is 0 Å². The highest BCUT2D eigenvalue weighted by molar-refractivity contribution is 9.10. The molecule has 1 heterocycles. The largest absolute Gasteiger partial charge is 0.309 e. The number of rotatable bonds is 3. The first-order valence-corrected chi connectivity index (χ1v) is 7.39. The van der Waals surface area contributed by atoms with Crippen LogP contribution in [0.1, 0.15) is 22.0 Å². The van der Waals surface area contributed by atoms with Gasteiger partial charge in [-0.3, -0.25) is 0 Å². The second-order valence-electron chi connectivity index (χ2n) is 3.99. The molecule has 2 aromatic rings. The van der Waals surface area contributed by atoms with E-state index in [9.17, 15) is 4.39 Å². The topological polar surface area (TPSA) is 12.0 Å². The number of nitrogens with one attached hydrogen (secondary N) is 1. The molecule has 1 aromatic carbocycles. The van der Waals surface area contributed by atoms with Crippen LogP contribution in [-0.2, 0) is 0 Å². The van der Waals surface area contributed by atoms with Crippen LogP contribution in [0.3, 0.4) is 0 Å². The van der Waals surface area contributed by atoms with E-state index in [0.717, 1.165) is 24.8 Å². The first-order valence-electron chi connectivity index (χ1n) is 5.41. The van der Waals surface area contributed by atoms with Crippen LogP contribution in [0.2, 0.25) is 4.34 Å². The molecule has 1 atom stereocenters. The van der Waals surface area contributed by atoms with Gasteiger partial charge in [0.05, 0.1) is 6.04 Å². The van der Waals surface area contributed by atoms with Crippen LogP contribution in [0.5, 0.6) is 0 Å². The van der Waals surface area contributed by atoms with Crippen molar-refractivity contribution in [2.24, 2.45) is 0 Å². The van der Waals surface area contributed by atoms with Crippen LogP contribution in [0.4, 0.5) is 4.39 Å². The zero-order valence-electron chi connectivity index (χ0n) is 9.93. The summed E-state index contributed by atoms with van der Waals surface area (Å²) in [6.07, 6.45) is 0. The van der Waals surface area contributed by atoms with Crippen LogP contribution < -0.4 is 5.32 Å². The van der Waals surface area contributed by atoms with Gasteiger partial charge in [0.2, 0.25) is 0 Å². The van der Waals surface area contributed by atoms with Gasteiger partial charge in [-0.05, 0) is 59.2 Å². The van der Waals surface area contributed by atoms with Gasteiger partial charge in [0.25, 0.3) is 0 Å². The normalized spacial score (nSPS) is 12.7. The maximum atomic E-state index is 13.1. The van der Waals surface area contributed by atoms with Crippen molar-refractivity contribution >= 4 is 38.9 Å². The molecule has 0 aliphatic heterocycles. The number of hydrogen-bond donors (Lipinski definition) is 1. The molecule has 0 spiro atoms. The Morgan fingerprint density at radius 3 is 2.61 bits per heavy atom. The standard InChI is InChI=1S/C13H12BrClFNS/c1-7-5-8(16)3-4-9(7)12(17-2)11-6-10(14)13(15)18-11/h3-6,12,17H,1-2H3. The van der Waals surface area contributed by atoms with E-state index in [4.69, 9.17) is 11.6 Å². The third-order valence-electron chi connectivity index (χ3n) is 2.78. The number of thiophene rings is 1. The molecule has 0 bridgehead atoms. The Kier molecular flexibility index (Phi) is 4.43. The molecule has 0 radical (unpaired) electrons. The van der Waals surface area contributed by atoms with Crippen LogP contribution in [0.15, 0.2) is 28.7 Å². The smallest absolute Gasteiger partial charge is 0.123 e. The average Bonchev–Trinajstić information content (AvgIpc) is 2.63. The summed E-state index contributed by atoms with van der Waals surface area (Å²) < 4.78 is 14.8. The lowest BCUT2D eigenvalue weighted by molar-refractivity contribution is 0.622. The van der Waals surface area contributed by atoms with Gasteiger partial charge in [-0.15, -0.1) is 11.3 Å². The molecule has 0 saturated carbocycles. The minimum absolute atomic E-state index is 0.0272. The van der Waals surface area contributed by atoms with Gasteiger partial charge >= 0.3 is 0 Å². The van der Waals surface area contributed by atoms with Crippen molar-refractivity contribution in [3.05, 3.63) is 54.9 Å². The summed E-state index contributed by atoms with van der Waals surface area (Å²) in [6.45, 7) is 1.91. The molecule has 1 unspecified atom stereocenters. The first kappa shape index (κ1) is 14.0. The molecule has 1 N–H and O–H groups in total. The van der Waals surface area contributed by atoms with Crippen molar-refractivity contribution < 1.29 is 4.39 Å². The van der Waals surface area contributed by atoms with Crippen LogP contribution in [-0.4, -0.2) is 7.05 Å². The van der Waals surface area contributed by atoms with Gasteiger partial charge < -0.3 is 5.32 Å². The number of hydrogen-bond acceptors (Lipinski definition) is 2. The van der Waals surface area contributed by atoms with Crippen LogP contribution >= 0.6 is 38.9 Å². The Balaban J connectivity index is 2.45. The zero-order valence-corrected chi connectivity index (χ0v) is 13.1. The molecule has 0 amide bonds. The predicted molar refractivity (Wildman–Crippen MR) is 79.1 cm³/mol. The summed E-state index contributed by atoms with van der Waals surface area (Å²) in [5, 5.41) is 3.24. The summed E-state index contributed by atoms with van der Waals surface area (Å²) in [5.74, 6) is -0.212. The van der Waals surface area contributed by atoms with E-state index >= 15 is 0 Å². The molecule has 1 nitrogen and oxygen atoms in total. The maximum absolute atomic E-state index is 13.1. The minimum atomic E-state index is -0.212. The fourth-order valence-corrected chi connectivity index (χ4v) is 3.79. The van der Waals surface area contributed by atoms with Crippen molar-refractivity contribution in [3.8, 4) is 0 Å². The zero-order chi connectivity index (χ0) is 13.3. The molecule has 0 aliphatic rings. The van der Waals surface area contributed by atoms with E-state index in [2.05, 4.69) is 21.2 Å². The Morgan fingerprint density at radius 1 is 1.39 bits per heavy atom. The fraction of sp³-hybridized carbons (Fsp3) is 0.231. The third-order valence-corrected chi connectivity index (χ3v) is 5.32. The van der Waals surface area contributed by atoms with Gasteiger partial charge in [0, 0.05) is 9.35 Å². The highest BCUT2D eigenvalue weighted by Gasteiger charge is 2.18. The second-order valence-corrected chi connectivity index (χ2v) is 6.53. The van der Waals surface area contributed by atoms with E-state index in [1.54, 1.807) is 6.07 Å². The van der Waals surface area contributed by atoms with E-state index < -0.39 is 0 Å². The van der Waals surface area contributed by atoms with Crippen molar-refractivity contribution in [1.82, 2.24) is 5.32 Å². The molecule has 0 fully saturated rings. The lowest BCUT2D eigenvalue weighted by Gasteiger charge is -2.17. The Labute approximate surface area is 123 Å². The van der Waals surface area contributed by atoms with Gasteiger partial charge in [-0.1, -0.05) is 17.7 Å². The Bertz CT molecular complexity index is 551. The minimum Gasteiger partial charge on any atom is -0.309 e. The third kappa shape index (κ3) is 2.77. The summed E-state index contributed by atoms with van der Waals surface area (Å²) in [5.41, 5.74) is 1.99. The van der Waals surface area contributed by atoms with Crippen molar-refractivity contribution in [1.29, 1.82) is 0 Å². The molecule has 18 heavy (non-hydrogen) atoms. The van der Waals surface area contributed by atoms with Crippen molar-refractivity contribution in [2.75, 3.05) is 7.05 Å². The molecular weight excluding hydrogens is 337 g/mol. The van der Waals surface area contributed by atoms with Gasteiger partial charge in [-0.25, -0.2) is 4.39 Å². The van der Waals surface area contributed by atoms with Crippen LogP contribution in [0.25, 0.3) is 0 Å². The van der Waals surface area contributed by atoms with E-state index in [1.165, 1.54) is 17.4 Å². The van der Waals surface area contributed by atoms with E-state index in [-0.39, 0.29) is 11.9 Å². The predicted octanol–water partition coefficient (Wildman–Crippen LogP) is 4.92. The lowest BCUT2D eigenvalue weighted by Crippen LogP contribution is -2.17. The Morgan fingerprint density at radius 2 is 2.11 bits per heavy atom. The SMILES string of the molecule is CNC(c1cc(Br)c(Cl)s1)c1ccc(F)cc1C. The molecule has 0 saturated heterocycles. The monoisotopic (exact) mass is 347 g/mol. The molecule has 5 heteroatoms. The van der Waals surface area contributed by atoms with Crippen LogP contribution in [0, 0.1) is 12.7 Å². The molecule has 1 aromatic heterocycles. The summed E-state index contributed by atoms with van der Waals surface area (Å²) in [4.78, 5) is 1.10. The summed E-state index contributed by atoms with van der Waals surface area (Å²) >= 11 is 11.0. The molecule has 0 aliphatic carbocycles. The van der Waals surface area contributed by atoms with Crippen molar-refractivity contribution in [2.45, 2.75) is 13.0 Å². The quantitative estimate of drug-likeness (QED) is 0.830. The first-order chi connectivity index (χ1) is 8.52. The molecule has 96 valence electrons. The van der Waals surface area contributed by atoms with Gasteiger partial charge in [0.15, 0.2) is 0 Å². The Hall–Kier alpha value is -0.420. The number of aryl methyl sites for hydroxylation is 1.